The van der Waals surface area contributed by atoms with Crippen molar-refractivity contribution in [3.63, 3.8) is 0 Å². The van der Waals surface area contributed by atoms with Gasteiger partial charge in [0.05, 0.1) is 12.6 Å². The van der Waals surface area contributed by atoms with Gasteiger partial charge in [-0.15, -0.1) is 0 Å². The zero-order valence-corrected chi connectivity index (χ0v) is 13.7. The van der Waals surface area contributed by atoms with Gasteiger partial charge in [-0.25, -0.2) is 4.79 Å². The highest BCUT2D eigenvalue weighted by Crippen LogP contribution is 2.05. The first-order valence-electron chi connectivity index (χ1n) is 7.50. The van der Waals surface area contributed by atoms with Crippen molar-refractivity contribution in [2.45, 2.75) is 51.2 Å². The minimum atomic E-state index is -1.55. The van der Waals surface area contributed by atoms with Crippen LogP contribution in [0.5, 0.6) is 0 Å². The van der Waals surface area contributed by atoms with Crippen molar-refractivity contribution in [1.29, 1.82) is 0 Å². The number of aliphatic hydroxyl groups excluding tert-OH is 1. The summed E-state index contributed by atoms with van der Waals surface area (Å²) < 4.78 is 0. The zero-order valence-electron chi connectivity index (χ0n) is 13.7. The molecule has 0 saturated heterocycles. The Balaban J connectivity index is 4.95. The molecule has 10 heteroatoms. The number of aliphatic hydroxyl groups is 1. The van der Waals surface area contributed by atoms with Crippen molar-refractivity contribution in [3.05, 3.63) is 0 Å². The van der Waals surface area contributed by atoms with Gasteiger partial charge in [0.15, 0.2) is 0 Å². The predicted molar refractivity (Wildman–Crippen MR) is 82.9 cm³/mol. The van der Waals surface area contributed by atoms with Gasteiger partial charge in [-0.3, -0.25) is 14.4 Å². The third-order valence-corrected chi connectivity index (χ3v) is 3.14. The Morgan fingerprint density at radius 1 is 1.00 bits per heavy atom. The van der Waals surface area contributed by atoms with Crippen molar-refractivity contribution in [2.24, 2.45) is 11.7 Å². The molecule has 0 heterocycles. The highest BCUT2D eigenvalue weighted by molar-refractivity contribution is 5.92. The molecule has 0 fully saturated rings. The summed E-state index contributed by atoms with van der Waals surface area (Å²) in [5.41, 5.74) is 5.70. The molecule has 0 aromatic heterocycles. The Kier molecular flexibility index (Phi) is 9.58. The first-order chi connectivity index (χ1) is 11.1. The van der Waals surface area contributed by atoms with Crippen LogP contribution in [0.4, 0.5) is 0 Å². The van der Waals surface area contributed by atoms with E-state index in [4.69, 9.17) is 21.1 Å². The first-order valence-corrected chi connectivity index (χ1v) is 7.50. The van der Waals surface area contributed by atoms with Crippen molar-refractivity contribution in [2.75, 3.05) is 6.61 Å². The second-order valence-electron chi connectivity index (χ2n) is 5.81. The Morgan fingerprint density at radius 2 is 1.54 bits per heavy atom. The van der Waals surface area contributed by atoms with Crippen LogP contribution in [0.2, 0.25) is 0 Å². The molecule has 3 atom stereocenters. The van der Waals surface area contributed by atoms with Gasteiger partial charge in [0.25, 0.3) is 0 Å². The molecule has 2 amide bonds. The summed E-state index contributed by atoms with van der Waals surface area (Å²) in [6, 6.07) is -3.69. The van der Waals surface area contributed by atoms with E-state index >= 15 is 0 Å². The lowest BCUT2D eigenvalue weighted by Gasteiger charge is -2.22. The Bertz CT molecular complexity index is 467. The smallest absolute Gasteiger partial charge is 0.328 e. The number of nitrogens with one attached hydrogen (secondary N) is 2. The van der Waals surface area contributed by atoms with Gasteiger partial charge >= 0.3 is 11.9 Å². The van der Waals surface area contributed by atoms with Gasteiger partial charge in [-0.05, 0) is 18.8 Å². The molecule has 0 spiro atoms. The van der Waals surface area contributed by atoms with Crippen molar-refractivity contribution < 1.29 is 34.5 Å². The maximum absolute atomic E-state index is 12.1. The van der Waals surface area contributed by atoms with E-state index in [2.05, 4.69) is 5.32 Å². The minimum absolute atomic E-state index is 0.142. The monoisotopic (exact) mass is 347 g/mol. The Labute approximate surface area is 139 Å². The Morgan fingerprint density at radius 3 is 1.96 bits per heavy atom. The number of amides is 2. The number of aliphatic carboxylic acids is 2. The lowest BCUT2D eigenvalue weighted by molar-refractivity contribution is -0.144. The molecule has 0 aliphatic carbocycles. The summed E-state index contributed by atoms with van der Waals surface area (Å²) >= 11 is 0. The third-order valence-electron chi connectivity index (χ3n) is 3.14. The molecule has 0 aliphatic rings. The highest BCUT2D eigenvalue weighted by Gasteiger charge is 2.28. The van der Waals surface area contributed by atoms with E-state index in [-0.39, 0.29) is 12.3 Å². The van der Waals surface area contributed by atoms with E-state index in [1.54, 1.807) is 0 Å². The summed E-state index contributed by atoms with van der Waals surface area (Å²) in [6.45, 7) is 2.88. The topological polar surface area (TPSA) is 179 Å². The molecule has 138 valence electrons. The molecule has 0 bridgehead atoms. The second kappa shape index (κ2) is 10.6. The van der Waals surface area contributed by atoms with E-state index in [0.717, 1.165) is 0 Å². The number of hydrogen-bond donors (Lipinski definition) is 6. The molecule has 0 aromatic rings. The average Bonchev–Trinajstić information content (AvgIpc) is 2.46. The third kappa shape index (κ3) is 8.44. The quantitative estimate of drug-likeness (QED) is 0.255. The summed E-state index contributed by atoms with van der Waals surface area (Å²) in [5, 5.41) is 30.8. The highest BCUT2D eigenvalue weighted by atomic mass is 16.4. The molecule has 0 aromatic carbocycles. The van der Waals surface area contributed by atoms with Crippen LogP contribution in [0.3, 0.4) is 0 Å². The molecule has 7 N–H and O–H groups in total. The fourth-order valence-corrected chi connectivity index (χ4v) is 1.89. The summed E-state index contributed by atoms with van der Waals surface area (Å²) in [5.74, 6) is -4.02. The molecular weight excluding hydrogens is 322 g/mol. The summed E-state index contributed by atoms with van der Waals surface area (Å²) in [4.78, 5) is 45.6. The summed E-state index contributed by atoms with van der Waals surface area (Å²) in [7, 11) is 0. The number of carboxylic acid groups (broad SMARTS) is 2. The molecule has 0 radical (unpaired) electrons. The van der Waals surface area contributed by atoms with Crippen molar-refractivity contribution in [1.82, 2.24) is 10.6 Å². The van der Waals surface area contributed by atoms with E-state index < -0.39 is 54.9 Å². The van der Waals surface area contributed by atoms with Gasteiger partial charge in [0.1, 0.15) is 12.1 Å². The number of carbonyl (C=O) groups is 4. The normalized spacial score (nSPS) is 14.5. The van der Waals surface area contributed by atoms with E-state index in [9.17, 15) is 19.2 Å². The molecular formula is C14H25N3O7. The average molecular weight is 347 g/mol. The van der Waals surface area contributed by atoms with Crippen LogP contribution in [0, 0.1) is 5.92 Å². The van der Waals surface area contributed by atoms with Gasteiger partial charge in [-0.1, -0.05) is 13.8 Å². The van der Waals surface area contributed by atoms with Crippen LogP contribution in [0.25, 0.3) is 0 Å². The van der Waals surface area contributed by atoms with Crippen LogP contribution < -0.4 is 16.4 Å². The lowest BCUT2D eigenvalue weighted by atomic mass is 10.0. The molecule has 0 rings (SSSR count). The molecule has 10 nitrogen and oxygen atoms in total. The van der Waals surface area contributed by atoms with Gasteiger partial charge in [-0.2, -0.15) is 0 Å². The first kappa shape index (κ1) is 21.8. The van der Waals surface area contributed by atoms with Gasteiger partial charge in [0, 0.05) is 6.42 Å². The lowest BCUT2D eigenvalue weighted by Crippen LogP contribution is -2.55. The minimum Gasteiger partial charge on any atom is -0.481 e. The van der Waals surface area contributed by atoms with E-state index in [0.29, 0.717) is 6.42 Å². The molecule has 0 unspecified atom stereocenters. The number of hydrogen-bond acceptors (Lipinski definition) is 6. The number of nitrogens with two attached hydrogens (primary N) is 1. The molecule has 24 heavy (non-hydrogen) atoms. The summed E-state index contributed by atoms with van der Waals surface area (Å²) in [6.07, 6.45) is -0.277. The standard InChI is InChI=1S/C14H25N3O7/c1-7(2)5-8(15)12(21)16-9(3-4-11(19)20)13(22)17-10(6-18)14(23)24/h7-10,18H,3-6,15H2,1-2H3,(H,16,21)(H,17,22)(H,19,20)(H,23,24)/t8-,9-,10-/m0/s1. The Hall–Kier alpha value is -2.20. The van der Waals surface area contributed by atoms with Gasteiger partial charge < -0.3 is 31.7 Å². The van der Waals surface area contributed by atoms with E-state index in [1.807, 2.05) is 19.2 Å². The van der Waals surface area contributed by atoms with E-state index in [1.165, 1.54) is 0 Å². The zero-order chi connectivity index (χ0) is 18.9. The number of carbonyl (C=O) groups excluding carboxylic acids is 2. The fraction of sp³-hybridized carbons (Fsp3) is 0.714. The molecule has 0 saturated carbocycles. The maximum atomic E-state index is 12.1. The number of carboxylic acids is 2. The van der Waals surface area contributed by atoms with Crippen molar-refractivity contribution in [3.8, 4) is 0 Å². The van der Waals surface area contributed by atoms with Crippen LogP contribution >= 0.6 is 0 Å². The van der Waals surface area contributed by atoms with Gasteiger partial charge in [0.2, 0.25) is 11.8 Å². The van der Waals surface area contributed by atoms with Crippen LogP contribution in [-0.4, -0.2) is 63.8 Å². The molecule has 0 aliphatic heterocycles. The van der Waals surface area contributed by atoms with Crippen LogP contribution in [0.15, 0.2) is 0 Å². The van der Waals surface area contributed by atoms with Crippen LogP contribution in [0.1, 0.15) is 33.1 Å². The maximum Gasteiger partial charge on any atom is 0.328 e. The SMILES string of the molecule is CC(C)C[C@H](N)C(=O)N[C@@H](CCC(=O)O)C(=O)N[C@@H](CO)C(=O)O. The fourth-order valence-electron chi connectivity index (χ4n) is 1.89. The predicted octanol–water partition coefficient (Wildman–Crippen LogP) is -1.73. The second-order valence-corrected chi connectivity index (χ2v) is 5.81. The number of rotatable bonds is 11. The van der Waals surface area contributed by atoms with Crippen LogP contribution in [-0.2, 0) is 19.2 Å². The van der Waals surface area contributed by atoms with Crippen molar-refractivity contribution >= 4 is 23.8 Å². The largest absolute Gasteiger partial charge is 0.481 e.